The molecule has 1 heterocycles. The van der Waals surface area contributed by atoms with Gasteiger partial charge in [0.15, 0.2) is 5.69 Å². The van der Waals surface area contributed by atoms with Crippen molar-refractivity contribution in [3.8, 4) is 11.8 Å². The fraction of sp³-hybridized carbons (Fsp3) is 0.267. The van der Waals surface area contributed by atoms with Gasteiger partial charge in [0.1, 0.15) is 6.07 Å². The summed E-state index contributed by atoms with van der Waals surface area (Å²) in [5.74, 6) is -0.442. The molecule has 5 nitrogen and oxygen atoms in total. The Morgan fingerprint density at radius 2 is 2.13 bits per heavy atom. The van der Waals surface area contributed by atoms with Crippen LogP contribution in [0.15, 0.2) is 30.5 Å². The van der Waals surface area contributed by atoms with Crippen LogP contribution in [0.4, 0.5) is 13.2 Å². The molecule has 0 unspecified atom stereocenters. The Kier molecular flexibility index (Phi) is 3.56. The highest BCUT2D eigenvalue weighted by atomic mass is 19.4. The van der Waals surface area contributed by atoms with Crippen LogP contribution < -0.4 is 5.32 Å². The van der Waals surface area contributed by atoms with Crippen LogP contribution in [0.25, 0.3) is 5.69 Å². The monoisotopic (exact) mass is 320 g/mol. The third kappa shape index (κ3) is 3.04. The van der Waals surface area contributed by atoms with Crippen LogP contribution in [0.2, 0.25) is 0 Å². The number of carbonyl (C=O) groups is 1. The van der Waals surface area contributed by atoms with Crippen molar-refractivity contribution >= 4 is 5.91 Å². The molecule has 0 atom stereocenters. The number of nitrogens with zero attached hydrogens (tertiary/aromatic N) is 3. The number of nitrogens with one attached hydrogen (secondary N) is 1. The molecule has 0 saturated heterocycles. The van der Waals surface area contributed by atoms with Crippen molar-refractivity contribution in [2.45, 2.75) is 25.1 Å². The SMILES string of the molecule is N#Cc1c(C(=O)NC2CC2)cnn1-c1cccc(C(F)(F)F)c1. The van der Waals surface area contributed by atoms with E-state index in [0.717, 1.165) is 29.7 Å². The van der Waals surface area contributed by atoms with Crippen LogP contribution in [0.5, 0.6) is 0 Å². The average Bonchev–Trinajstić information content (AvgIpc) is 3.21. The fourth-order valence-electron chi connectivity index (χ4n) is 2.12. The maximum absolute atomic E-state index is 12.8. The van der Waals surface area contributed by atoms with Crippen LogP contribution in [0.1, 0.15) is 34.5 Å². The highest BCUT2D eigenvalue weighted by Crippen LogP contribution is 2.30. The molecule has 1 fully saturated rings. The largest absolute Gasteiger partial charge is 0.416 e. The van der Waals surface area contributed by atoms with Gasteiger partial charge in [-0.2, -0.15) is 23.5 Å². The van der Waals surface area contributed by atoms with Crippen LogP contribution in [0, 0.1) is 11.3 Å². The smallest absolute Gasteiger partial charge is 0.349 e. The third-order valence-corrected chi connectivity index (χ3v) is 3.45. The van der Waals surface area contributed by atoms with Gasteiger partial charge >= 0.3 is 6.18 Å². The molecule has 0 spiro atoms. The van der Waals surface area contributed by atoms with Gasteiger partial charge in [-0.3, -0.25) is 4.79 Å². The summed E-state index contributed by atoms with van der Waals surface area (Å²) in [4.78, 5) is 12.1. The first-order valence-electron chi connectivity index (χ1n) is 6.87. The number of halogens is 3. The van der Waals surface area contributed by atoms with E-state index >= 15 is 0 Å². The summed E-state index contributed by atoms with van der Waals surface area (Å²) in [6.45, 7) is 0. The number of hydrogen-bond acceptors (Lipinski definition) is 3. The average molecular weight is 320 g/mol. The summed E-state index contributed by atoms with van der Waals surface area (Å²) >= 11 is 0. The Balaban J connectivity index is 1.99. The molecule has 0 bridgehead atoms. The van der Waals surface area contributed by atoms with Gasteiger partial charge in [0, 0.05) is 6.04 Å². The van der Waals surface area contributed by atoms with E-state index in [1.165, 1.54) is 18.3 Å². The molecule has 1 aliphatic carbocycles. The van der Waals surface area contributed by atoms with Gasteiger partial charge in [-0.1, -0.05) is 6.07 Å². The van der Waals surface area contributed by atoms with E-state index in [1.54, 1.807) is 0 Å². The van der Waals surface area contributed by atoms with Crippen molar-refractivity contribution in [3.63, 3.8) is 0 Å². The number of nitriles is 1. The molecule has 0 aliphatic heterocycles. The Labute approximate surface area is 129 Å². The summed E-state index contributed by atoms with van der Waals surface area (Å²) in [5.41, 5.74) is -0.820. The molecule has 1 aromatic heterocycles. The molecule has 1 aliphatic rings. The summed E-state index contributed by atoms with van der Waals surface area (Å²) in [5, 5.41) is 15.9. The van der Waals surface area contributed by atoms with E-state index in [2.05, 4.69) is 10.4 Å². The zero-order chi connectivity index (χ0) is 16.6. The van der Waals surface area contributed by atoms with Crippen molar-refractivity contribution in [3.05, 3.63) is 47.3 Å². The zero-order valence-electron chi connectivity index (χ0n) is 11.8. The predicted molar refractivity (Wildman–Crippen MR) is 73.8 cm³/mol. The lowest BCUT2D eigenvalue weighted by molar-refractivity contribution is -0.137. The predicted octanol–water partition coefficient (Wildman–Crippen LogP) is 2.65. The molecule has 0 radical (unpaired) electrons. The van der Waals surface area contributed by atoms with Crippen LogP contribution in [0.3, 0.4) is 0 Å². The number of amides is 1. The molecule has 1 N–H and O–H groups in total. The second-order valence-corrected chi connectivity index (χ2v) is 5.23. The zero-order valence-corrected chi connectivity index (χ0v) is 11.8. The van der Waals surface area contributed by atoms with Crippen LogP contribution >= 0.6 is 0 Å². The lowest BCUT2D eigenvalue weighted by atomic mass is 10.2. The Bertz CT molecular complexity index is 800. The van der Waals surface area contributed by atoms with Gasteiger partial charge in [0.25, 0.3) is 5.91 Å². The Hall–Kier alpha value is -2.82. The van der Waals surface area contributed by atoms with Crippen molar-refractivity contribution < 1.29 is 18.0 Å². The fourth-order valence-corrected chi connectivity index (χ4v) is 2.12. The van der Waals surface area contributed by atoms with E-state index in [-0.39, 0.29) is 23.0 Å². The van der Waals surface area contributed by atoms with E-state index in [0.29, 0.717) is 0 Å². The lowest BCUT2D eigenvalue weighted by Crippen LogP contribution is -2.25. The first-order valence-corrected chi connectivity index (χ1v) is 6.87. The molecule has 3 rings (SSSR count). The third-order valence-electron chi connectivity index (χ3n) is 3.45. The standard InChI is InChI=1S/C15H11F3N4O/c16-15(17,18)9-2-1-3-11(6-9)22-13(7-19)12(8-20-22)14(23)21-10-4-5-10/h1-3,6,8,10H,4-5H2,(H,21,23). The van der Waals surface area contributed by atoms with Gasteiger partial charge in [0.05, 0.1) is 23.0 Å². The van der Waals surface area contributed by atoms with Gasteiger partial charge < -0.3 is 5.32 Å². The number of carbonyl (C=O) groups excluding carboxylic acids is 1. The molecular weight excluding hydrogens is 309 g/mol. The molecule has 8 heteroatoms. The second-order valence-electron chi connectivity index (χ2n) is 5.23. The molecular formula is C15H11F3N4O. The topological polar surface area (TPSA) is 70.7 Å². The minimum atomic E-state index is -4.50. The summed E-state index contributed by atoms with van der Waals surface area (Å²) < 4.78 is 39.4. The summed E-state index contributed by atoms with van der Waals surface area (Å²) in [6.07, 6.45) is -1.54. The van der Waals surface area contributed by atoms with E-state index in [4.69, 9.17) is 0 Å². The van der Waals surface area contributed by atoms with E-state index in [1.807, 2.05) is 6.07 Å². The highest BCUT2D eigenvalue weighted by molar-refractivity contribution is 5.96. The quantitative estimate of drug-likeness (QED) is 0.945. The molecule has 1 aromatic carbocycles. The van der Waals surface area contributed by atoms with E-state index < -0.39 is 17.6 Å². The maximum Gasteiger partial charge on any atom is 0.416 e. The van der Waals surface area contributed by atoms with Gasteiger partial charge in [-0.15, -0.1) is 0 Å². The lowest BCUT2D eigenvalue weighted by Gasteiger charge is -2.09. The Morgan fingerprint density at radius 1 is 1.39 bits per heavy atom. The number of alkyl halides is 3. The van der Waals surface area contributed by atoms with Crippen molar-refractivity contribution in [2.24, 2.45) is 0 Å². The van der Waals surface area contributed by atoms with Crippen LogP contribution in [-0.2, 0) is 6.18 Å². The summed E-state index contributed by atoms with van der Waals surface area (Å²) in [7, 11) is 0. The molecule has 2 aromatic rings. The molecule has 23 heavy (non-hydrogen) atoms. The summed E-state index contributed by atoms with van der Waals surface area (Å²) in [6, 6.07) is 6.37. The first-order chi connectivity index (χ1) is 10.9. The number of hydrogen-bond donors (Lipinski definition) is 1. The van der Waals surface area contributed by atoms with Crippen LogP contribution in [-0.4, -0.2) is 21.7 Å². The van der Waals surface area contributed by atoms with Gasteiger partial charge in [0.2, 0.25) is 0 Å². The maximum atomic E-state index is 12.8. The minimum absolute atomic E-state index is 0.0526. The second kappa shape index (κ2) is 5.43. The minimum Gasteiger partial charge on any atom is -0.349 e. The van der Waals surface area contributed by atoms with Crippen molar-refractivity contribution in [1.29, 1.82) is 5.26 Å². The number of aromatic nitrogens is 2. The first kappa shape index (κ1) is 15.1. The Morgan fingerprint density at radius 3 is 2.74 bits per heavy atom. The van der Waals surface area contributed by atoms with Crippen molar-refractivity contribution in [1.82, 2.24) is 15.1 Å². The van der Waals surface area contributed by atoms with E-state index in [9.17, 15) is 23.2 Å². The molecule has 1 amide bonds. The van der Waals surface area contributed by atoms with Gasteiger partial charge in [-0.05, 0) is 31.0 Å². The normalized spacial score (nSPS) is 14.3. The number of rotatable bonds is 3. The highest BCUT2D eigenvalue weighted by Gasteiger charge is 2.31. The molecule has 1 saturated carbocycles. The molecule has 118 valence electrons. The number of benzene rings is 1. The van der Waals surface area contributed by atoms with Gasteiger partial charge in [-0.25, -0.2) is 4.68 Å². The van der Waals surface area contributed by atoms with Crippen molar-refractivity contribution in [2.75, 3.05) is 0 Å².